The lowest BCUT2D eigenvalue weighted by atomic mass is 9.98. The molecule has 124 valence electrons. The SMILES string of the molecule is CC1(C)Nc2ccccc2N(CC(=O)Nc2cccc(Cl)c2)C1=O. The van der Waals surface area contributed by atoms with E-state index in [1.54, 1.807) is 38.1 Å². The van der Waals surface area contributed by atoms with Crippen LogP contribution in [0.2, 0.25) is 5.02 Å². The van der Waals surface area contributed by atoms with Gasteiger partial charge in [-0.3, -0.25) is 14.5 Å². The second-order valence-corrected chi connectivity index (χ2v) is 6.65. The van der Waals surface area contributed by atoms with Gasteiger partial charge < -0.3 is 10.6 Å². The van der Waals surface area contributed by atoms with Gasteiger partial charge in [-0.2, -0.15) is 0 Å². The fourth-order valence-electron chi connectivity index (χ4n) is 2.72. The minimum Gasteiger partial charge on any atom is -0.370 e. The molecule has 2 aromatic carbocycles. The number of nitrogens with one attached hydrogen (secondary N) is 2. The predicted octanol–water partition coefficient (Wildman–Crippen LogP) is 3.52. The van der Waals surface area contributed by atoms with E-state index in [2.05, 4.69) is 10.6 Å². The molecule has 1 aliphatic rings. The molecule has 0 saturated carbocycles. The molecule has 1 heterocycles. The molecule has 0 fully saturated rings. The largest absolute Gasteiger partial charge is 0.370 e. The molecule has 0 saturated heterocycles. The summed E-state index contributed by atoms with van der Waals surface area (Å²) < 4.78 is 0. The molecule has 1 aliphatic heterocycles. The van der Waals surface area contributed by atoms with Gasteiger partial charge in [0.15, 0.2) is 0 Å². The molecule has 0 unspecified atom stereocenters. The van der Waals surface area contributed by atoms with E-state index >= 15 is 0 Å². The number of carbonyl (C=O) groups excluding carboxylic acids is 2. The lowest BCUT2D eigenvalue weighted by Crippen LogP contribution is -2.55. The molecular weight excluding hydrogens is 326 g/mol. The summed E-state index contributed by atoms with van der Waals surface area (Å²) in [4.78, 5) is 26.6. The fourth-order valence-corrected chi connectivity index (χ4v) is 2.91. The van der Waals surface area contributed by atoms with Crippen LogP contribution in [0.25, 0.3) is 0 Å². The first-order chi connectivity index (χ1) is 11.4. The van der Waals surface area contributed by atoms with Crippen molar-refractivity contribution < 1.29 is 9.59 Å². The molecular formula is C18H18ClN3O2. The predicted molar refractivity (Wildman–Crippen MR) is 96.6 cm³/mol. The van der Waals surface area contributed by atoms with Crippen LogP contribution in [0, 0.1) is 0 Å². The van der Waals surface area contributed by atoms with Gasteiger partial charge >= 0.3 is 0 Å². The summed E-state index contributed by atoms with van der Waals surface area (Å²) in [5.74, 6) is -0.430. The highest BCUT2D eigenvalue weighted by Gasteiger charge is 2.39. The Labute approximate surface area is 145 Å². The fraction of sp³-hybridized carbons (Fsp3) is 0.222. The summed E-state index contributed by atoms with van der Waals surface area (Å²) in [5.41, 5.74) is 1.35. The number of rotatable bonds is 3. The minimum atomic E-state index is -0.773. The van der Waals surface area contributed by atoms with Crippen molar-refractivity contribution in [3.8, 4) is 0 Å². The Morgan fingerprint density at radius 3 is 2.71 bits per heavy atom. The summed E-state index contributed by atoms with van der Waals surface area (Å²) in [6.45, 7) is 3.54. The third-order valence-electron chi connectivity index (χ3n) is 3.83. The van der Waals surface area contributed by atoms with Crippen molar-refractivity contribution in [1.82, 2.24) is 0 Å². The van der Waals surface area contributed by atoms with Gasteiger partial charge in [0.2, 0.25) is 5.91 Å². The van der Waals surface area contributed by atoms with Gasteiger partial charge in [-0.05, 0) is 44.2 Å². The minimum absolute atomic E-state index is 0.0620. The van der Waals surface area contributed by atoms with Gasteiger partial charge in [-0.1, -0.05) is 29.8 Å². The van der Waals surface area contributed by atoms with Crippen molar-refractivity contribution in [2.24, 2.45) is 0 Å². The highest BCUT2D eigenvalue weighted by molar-refractivity contribution is 6.30. The molecule has 24 heavy (non-hydrogen) atoms. The Hall–Kier alpha value is -2.53. The Bertz CT molecular complexity index is 804. The van der Waals surface area contributed by atoms with Crippen LogP contribution in [0.5, 0.6) is 0 Å². The zero-order chi connectivity index (χ0) is 17.3. The third kappa shape index (κ3) is 3.21. The monoisotopic (exact) mass is 343 g/mol. The highest BCUT2D eigenvalue weighted by atomic mass is 35.5. The van der Waals surface area contributed by atoms with Crippen LogP contribution in [-0.2, 0) is 9.59 Å². The highest BCUT2D eigenvalue weighted by Crippen LogP contribution is 2.34. The second-order valence-electron chi connectivity index (χ2n) is 6.22. The van der Waals surface area contributed by atoms with E-state index in [-0.39, 0.29) is 18.4 Å². The van der Waals surface area contributed by atoms with Crippen molar-refractivity contribution in [3.63, 3.8) is 0 Å². The summed E-state index contributed by atoms with van der Waals surface area (Å²) in [6.07, 6.45) is 0. The quantitative estimate of drug-likeness (QED) is 0.896. The maximum absolute atomic E-state index is 12.7. The number of hydrogen-bond acceptors (Lipinski definition) is 3. The molecule has 2 aromatic rings. The van der Waals surface area contributed by atoms with Crippen molar-refractivity contribution in [2.75, 3.05) is 22.1 Å². The Morgan fingerprint density at radius 1 is 1.21 bits per heavy atom. The molecule has 0 atom stereocenters. The molecule has 0 aliphatic carbocycles. The van der Waals surface area contributed by atoms with Gasteiger partial charge in [-0.25, -0.2) is 0 Å². The van der Waals surface area contributed by atoms with E-state index in [0.29, 0.717) is 16.4 Å². The van der Waals surface area contributed by atoms with Crippen molar-refractivity contribution in [3.05, 3.63) is 53.6 Å². The summed E-state index contributed by atoms with van der Waals surface area (Å²) >= 11 is 5.92. The lowest BCUT2D eigenvalue weighted by Gasteiger charge is -2.39. The summed E-state index contributed by atoms with van der Waals surface area (Å²) in [7, 11) is 0. The Balaban J connectivity index is 1.83. The number of carbonyl (C=O) groups is 2. The van der Waals surface area contributed by atoms with Gasteiger partial charge in [0, 0.05) is 10.7 Å². The Kier molecular flexibility index (Phi) is 4.20. The molecule has 0 radical (unpaired) electrons. The van der Waals surface area contributed by atoms with E-state index in [4.69, 9.17) is 11.6 Å². The number of para-hydroxylation sites is 2. The molecule has 6 heteroatoms. The topological polar surface area (TPSA) is 61.4 Å². The lowest BCUT2D eigenvalue weighted by molar-refractivity contribution is -0.124. The first-order valence-corrected chi connectivity index (χ1v) is 7.99. The zero-order valence-corrected chi connectivity index (χ0v) is 14.2. The van der Waals surface area contributed by atoms with Gasteiger partial charge in [0.25, 0.3) is 5.91 Å². The van der Waals surface area contributed by atoms with Crippen molar-refractivity contribution >= 4 is 40.5 Å². The van der Waals surface area contributed by atoms with Crippen LogP contribution >= 0.6 is 11.6 Å². The second kappa shape index (κ2) is 6.17. The molecule has 0 spiro atoms. The number of benzene rings is 2. The van der Waals surface area contributed by atoms with Crippen molar-refractivity contribution in [2.45, 2.75) is 19.4 Å². The van der Waals surface area contributed by atoms with E-state index in [1.807, 2.05) is 24.3 Å². The van der Waals surface area contributed by atoms with Crippen LogP contribution in [0.3, 0.4) is 0 Å². The van der Waals surface area contributed by atoms with Crippen molar-refractivity contribution in [1.29, 1.82) is 0 Å². The van der Waals surface area contributed by atoms with Crippen LogP contribution in [-0.4, -0.2) is 23.9 Å². The van der Waals surface area contributed by atoms with Gasteiger partial charge in [-0.15, -0.1) is 0 Å². The molecule has 0 aromatic heterocycles. The van der Waals surface area contributed by atoms with E-state index in [0.717, 1.165) is 5.69 Å². The number of fused-ring (bicyclic) bond motifs is 1. The Morgan fingerprint density at radius 2 is 1.96 bits per heavy atom. The summed E-state index contributed by atoms with van der Waals surface area (Å²) in [6, 6.07) is 14.4. The molecule has 0 bridgehead atoms. The first kappa shape index (κ1) is 16.3. The standard InChI is InChI=1S/C18H18ClN3O2/c1-18(2)17(24)22(15-9-4-3-8-14(15)21-18)11-16(23)20-13-7-5-6-12(19)10-13/h3-10,21H,11H2,1-2H3,(H,20,23). The smallest absolute Gasteiger partial charge is 0.252 e. The maximum Gasteiger partial charge on any atom is 0.252 e. The zero-order valence-electron chi connectivity index (χ0n) is 13.5. The maximum atomic E-state index is 12.7. The number of nitrogens with zero attached hydrogens (tertiary/aromatic N) is 1. The average Bonchev–Trinajstić information content (AvgIpc) is 2.51. The van der Waals surface area contributed by atoms with Crippen LogP contribution < -0.4 is 15.5 Å². The number of hydrogen-bond donors (Lipinski definition) is 2. The molecule has 2 N–H and O–H groups in total. The number of amides is 2. The van der Waals surface area contributed by atoms with Crippen LogP contribution in [0.1, 0.15) is 13.8 Å². The average molecular weight is 344 g/mol. The van der Waals surface area contributed by atoms with Gasteiger partial charge in [0.05, 0.1) is 11.4 Å². The molecule has 2 amide bonds. The normalized spacial score (nSPS) is 15.5. The van der Waals surface area contributed by atoms with Gasteiger partial charge in [0.1, 0.15) is 12.1 Å². The number of halogens is 1. The van der Waals surface area contributed by atoms with E-state index < -0.39 is 5.54 Å². The first-order valence-electron chi connectivity index (χ1n) is 7.61. The van der Waals surface area contributed by atoms with E-state index in [1.165, 1.54) is 4.90 Å². The molecule has 5 nitrogen and oxygen atoms in total. The third-order valence-corrected chi connectivity index (χ3v) is 4.07. The molecule has 3 rings (SSSR count). The summed E-state index contributed by atoms with van der Waals surface area (Å²) in [5, 5.41) is 6.52. The number of anilines is 3. The van der Waals surface area contributed by atoms with E-state index in [9.17, 15) is 9.59 Å². The van der Waals surface area contributed by atoms with Crippen LogP contribution in [0.15, 0.2) is 48.5 Å². The van der Waals surface area contributed by atoms with Crippen LogP contribution in [0.4, 0.5) is 17.1 Å².